The molecule has 2 N–H and O–H groups in total. The van der Waals surface area contributed by atoms with Crippen molar-refractivity contribution in [2.45, 2.75) is 32.2 Å². The Morgan fingerprint density at radius 1 is 1.24 bits per heavy atom. The van der Waals surface area contributed by atoms with E-state index >= 15 is 0 Å². The Hall–Kier alpha value is -1.86. The van der Waals surface area contributed by atoms with Crippen molar-refractivity contribution in [3.05, 3.63) is 40.8 Å². The summed E-state index contributed by atoms with van der Waals surface area (Å²) >= 11 is 0. The number of sulfonamides is 1. The smallest absolute Gasteiger partial charge is 0.243 e. The van der Waals surface area contributed by atoms with Gasteiger partial charge < -0.3 is 10.3 Å². The molecule has 0 aliphatic heterocycles. The number of benzene rings is 1. The van der Waals surface area contributed by atoms with Gasteiger partial charge in [0, 0.05) is 18.8 Å². The van der Waals surface area contributed by atoms with Gasteiger partial charge in [0.2, 0.25) is 10.0 Å². The molecule has 0 radical (unpaired) electrons. The van der Waals surface area contributed by atoms with Gasteiger partial charge in [0.15, 0.2) is 0 Å². The second kappa shape index (κ2) is 5.50. The quantitative estimate of drug-likeness (QED) is 0.873. The number of nitrogens with two attached hydrogens (primary N) is 1. The lowest BCUT2D eigenvalue weighted by Crippen LogP contribution is -2.27. The number of nitrogen functional groups attached to an aromatic ring is 1. The summed E-state index contributed by atoms with van der Waals surface area (Å²) in [4.78, 5) is 0.225. The molecule has 0 unspecified atom stereocenters. The summed E-state index contributed by atoms with van der Waals surface area (Å²) < 4.78 is 31.6. The standard InChI is InChI=1S/C14H19N3O3S/c1-9-5-12(15)7-14(11(9)3)21(18,19)17(4)8-13-6-10(2)20-16-13/h5-7H,8,15H2,1-4H3. The van der Waals surface area contributed by atoms with Gasteiger partial charge in [-0.1, -0.05) is 5.16 Å². The first-order valence-electron chi connectivity index (χ1n) is 6.47. The van der Waals surface area contributed by atoms with Gasteiger partial charge in [-0.25, -0.2) is 8.42 Å². The van der Waals surface area contributed by atoms with Crippen LogP contribution >= 0.6 is 0 Å². The molecule has 0 bridgehead atoms. The van der Waals surface area contributed by atoms with E-state index in [1.54, 1.807) is 26.0 Å². The summed E-state index contributed by atoms with van der Waals surface area (Å²) in [5, 5.41) is 3.81. The second-order valence-corrected chi connectivity index (χ2v) is 7.16. The Bertz CT molecular complexity index is 766. The van der Waals surface area contributed by atoms with Crippen LogP contribution in [-0.2, 0) is 16.6 Å². The summed E-state index contributed by atoms with van der Waals surface area (Å²) in [6.45, 7) is 5.52. The fraction of sp³-hybridized carbons (Fsp3) is 0.357. The zero-order chi connectivity index (χ0) is 15.8. The van der Waals surface area contributed by atoms with Gasteiger partial charge in [-0.15, -0.1) is 0 Å². The molecule has 0 amide bonds. The van der Waals surface area contributed by atoms with E-state index in [0.717, 1.165) is 5.56 Å². The molecule has 114 valence electrons. The van der Waals surface area contributed by atoms with Crippen LogP contribution in [0.3, 0.4) is 0 Å². The van der Waals surface area contributed by atoms with Crippen LogP contribution < -0.4 is 5.73 Å². The molecule has 0 spiro atoms. The molecule has 7 heteroatoms. The minimum absolute atomic E-state index is 0.146. The molecule has 1 heterocycles. The summed E-state index contributed by atoms with van der Waals surface area (Å²) in [6.07, 6.45) is 0. The highest BCUT2D eigenvalue weighted by atomic mass is 32.2. The van der Waals surface area contributed by atoms with Gasteiger partial charge in [0.1, 0.15) is 5.76 Å². The largest absolute Gasteiger partial charge is 0.399 e. The number of anilines is 1. The van der Waals surface area contributed by atoms with E-state index in [2.05, 4.69) is 5.16 Å². The second-order valence-electron chi connectivity index (χ2n) is 5.15. The summed E-state index contributed by atoms with van der Waals surface area (Å²) in [5.74, 6) is 0.645. The molecule has 0 aliphatic rings. The van der Waals surface area contributed by atoms with Gasteiger partial charge in [-0.05, 0) is 44.0 Å². The van der Waals surface area contributed by atoms with Crippen LogP contribution in [-0.4, -0.2) is 24.9 Å². The SMILES string of the molecule is Cc1cc(CN(C)S(=O)(=O)c2cc(N)cc(C)c2C)no1. The number of nitrogens with zero attached hydrogens (tertiary/aromatic N) is 2. The monoisotopic (exact) mass is 309 g/mol. The Labute approximate surface area is 124 Å². The molecule has 0 saturated carbocycles. The van der Waals surface area contributed by atoms with Gasteiger partial charge in [-0.2, -0.15) is 4.31 Å². The lowest BCUT2D eigenvalue weighted by molar-refractivity contribution is 0.378. The summed E-state index contributed by atoms with van der Waals surface area (Å²) in [6, 6.07) is 4.96. The van der Waals surface area contributed by atoms with Crippen molar-refractivity contribution in [3.63, 3.8) is 0 Å². The van der Waals surface area contributed by atoms with Crippen molar-refractivity contribution in [3.8, 4) is 0 Å². The predicted molar refractivity (Wildman–Crippen MR) is 80.2 cm³/mol. The molecule has 2 rings (SSSR count). The predicted octanol–water partition coefficient (Wildman–Crippen LogP) is 2.00. The highest BCUT2D eigenvalue weighted by Gasteiger charge is 2.25. The average molecular weight is 309 g/mol. The van der Waals surface area contributed by atoms with Crippen molar-refractivity contribution in [1.82, 2.24) is 9.46 Å². The van der Waals surface area contributed by atoms with Crippen LogP contribution in [0.15, 0.2) is 27.6 Å². The van der Waals surface area contributed by atoms with E-state index in [1.165, 1.54) is 17.4 Å². The average Bonchev–Trinajstić information content (AvgIpc) is 2.79. The van der Waals surface area contributed by atoms with Crippen molar-refractivity contribution < 1.29 is 12.9 Å². The fourth-order valence-electron chi connectivity index (χ4n) is 2.10. The molecule has 0 aliphatic carbocycles. The lowest BCUT2D eigenvalue weighted by atomic mass is 10.1. The molecule has 0 fully saturated rings. The lowest BCUT2D eigenvalue weighted by Gasteiger charge is -2.18. The van der Waals surface area contributed by atoms with Crippen LogP contribution in [0.4, 0.5) is 5.69 Å². The third-order valence-electron chi connectivity index (χ3n) is 3.39. The van der Waals surface area contributed by atoms with E-state index in [9.17, 15) is 8.42 Å². The molecule has 2 aromatic rings. The number of aryl methyl sites for hydroxylation is 2. The Balaban J connectivity index is 2.37. The Morgan fingerprint density at radius 3 is 2.48 bits per heavy atom. The van der Waals surface area contributed by atoms with E-state index in [0.29, 0.717) is 22.7 Å². The molecule has 1 aromatic carbocycles. The van der Waals surface area contributed by atoms with Crippen LogP contribution in [0, 0.1) is 20.8 Å². The summed E-state index contributed by atoms with van der Waals surface area (Å²) in [5.41, 5.74) is 8.32. The first-order valence-corrected chi connectivity index (χ1v) is 7.91. The molecular weight excluding hydrogens is 290 g/mol. The zero-order valence-corrected chi connectivity index (χ0v) is 13.4. The topological polar surface area (TPSA) is 89.4 Å². The molecule has 0 saturated heterocycles. The number of aromatic nitrogens is 1. The van der Waals surface area contributed by atoms with E-state index in [-0.39, 0.29) is 11.4 Å². The zero-order valence-electron chi connectivity index (χ0n) is 12.5. The van der Waals surface area contributed by atoms with Crippen molar-refractivity contribution in [1.29, 1.82) is 0 Å². The van der Waals surface area contributed by atoms with Crippen LogP contribution in [0.1, 0.15) is 22.6 Å². The highest BCUT2D eigenvalue weighted by Crippen LogP contribution is 2.25. The van der Waals surface area contributed by atoms with Crippen LogP contribution in [0.25, 0.3) is 0 Å². The molecule has 1 aromatic heterocycles. The number of rotatable bonds is 4. The maximum atomic E-state index is 12.7. The minimum atomic E-state index is -3.63. The Kier molecular flexibility index (Phi) is 4.06. The van der Waals surface area contributed by atoms with Crippen molar-refractivity contribution >= 4 is 15.7 Å². The minimum Gasteiger partial charge on any atom is -0.399 e. The van der Waals surface area contributed by atoms with Gasteiger partial charge in [0.25, 0.3) is 0 Å². The fourth-order valence-corrected chi connectivity index (χ4v) is 3.57. The van der Waals surface area contributed by atoms with E-state index in [4.69, 9.17) is 10.3 Å². The van der Waals surface area contributed by atoms with E-state index in [1.807, 2.05) is 6.92 Å². The molecule has 6 nitrogen and oxygen atoms in total. The first-order chi connectivity index (χ1) is 9.71. The van der Waals surface area contributed by atoms with Gasteiger partial charge >= 0.3 is 0 Å². The Morgan fingerprint density at radius 2 is 1.90 bits per heavy atom. The molecule has 21 heavy (non-hydrogen) atoms. The number of hydrogen-bond acceptors (Lipinski definition) is 5. The maximum Gasteiger partial charge on any atom is 0.243 e. The molecular formula is C14H19N3O3S. The third kappa shape index (κ3) is 3.08. The van der Waals surface area contributed by atoms with Crippen molar-refractivity contribution in [2.75, 3.05) is 12.8 Å². The van der Waals surface area contributed by atoms with Gasteiger partial charge in [0.05, 0.1) is 17.1 Å². The van der Waals surface area contributed by atoms with Crippen LogP contribution in [0.2, 0.25) is 0 Å². The number of hydrogen-bond donors (Lipinski definition) is 1. The third-order valence-corrected chi connectivity index (χ3v) is 5.32. The summed E-state index contributed by atoms with van der Waals surface area (Å²) in [7, 11) is -2.12. The first kappa shape index (κ1) is 15.5. The molecule has 0 atom stereocenters. The van der Waals surface area contributed by atoms with Crippen molar-refractivity contribution in [2.24, 2.45) is 0 Å². The maximum absolute atomic E-state index is 12.7. The normalized spacial score (nSPS) is 12.0. The highest BCUT2D eigenvalue weighted by molar-refractivity contribution is 7.89. The van der Waals surface area contributed by atoms with E-state index < -0.39 is 10.0 Å². The van der Waals surface area contributed by atoms with Crippen LogP contribution in [0.5, 0.6) is 0 Å². The van der Waals surface area contributed by atoms with Gasteiger partial charge in [-0.3, -0.25) is 0 Å².